The monoisotopic (exact) mass is 223 g/mol. The first-order chi connectivity index (χ1) is 7.57. The predicted molar refractivity (Wildman–Crippen MR) is 58.1 cm³/mol. The number of carboxylic acids is 1. The van der Waals surface area contributed by atoms with Gasteiger partial charge in [0.05, 0.1) is 6.61 Å². The summed E-state index contributed by atoms with van der Waals surface area (Å²) in [5.74, 6) is -1.66. The van der Waals surface area contributed by atoms with Crippen molar-refractivity contribution >= 4 is 17.6 Å². The molecular formula is C11H13NO4. The fourth-order valence-electron chi connectivity index (χ4n) is 1.44. The lowest BCUT2D eigenvalue weighted by atomic mass is 10.2. The summed E-state index contributed by atoms with van der Waals surface area (Å²) in [6, 6.07) is 7.14. The van der Waals surface area contributed by atoms with Gasteiger partial charge in [-0.25, -0.2) is 4.79 Å². The van der Waals surface area contributed by atoms with Crippen molar-refractivity contribution in [2.45, 2.75) is 13.0 Å². The molecule has 1 amide bonds. The van der Waals surface area contributed by atoms with Crippen LogP contribution in [0.15, 0.2) is 30.3 Å². The summed E-state index contributed by atoms with van der Waals surface area (Å²) in [6.45, 7) is 0.641. The molecule has 0 aliphatic rings. The van der Waals surface area contributed by atoms with E-state index in [1.807, 2.05) is 0 Å². The average molecular weight is 223 g/mol. The summed E-state index contributed by atoms with van der Waals surface area (Å²) < 4.78 is 0. The zero-order chi connectivity index (χ0) is 12.1. The highest BCUT2D eigenvalue weighted by Crippen LogP contribution is 2.16. The number of rotatable bonds is 4. The highest BCUT2D eigenvalue weighted by molar-refractivity contribution is 5.97. The molecule has 0 aromatic heterocycles. The summed E-state index contributed by atoms with van der Waals surface area (Å²) in [6.07, 6.45) is 0. The van der Waals surface area contributed by atoms with Gasteiger partial charge in [-0.15, -0.1) is 0 Å². The van der Waals surface area contributed by atoms with Gasteiger partial charge in [0.2, 0.25) is 5.91 Å². The summed E-state index contributed by atoms with van der Waals surface area (Å²) >= 11 is 0. The van der Waals surface area contributed by atoms with Gasteiger partial charge in [0.25, 0.3) is 0 Å². The minimum Gasteiger partial charge on any atom is -0.480 e. The summed E-state index contributed by atoms with van der Waals surface area (Å²) in [4.78, 5) is 23.4. The molecule has 0 saturated heterocycles. The van der Waals surface area contributed by atoms with E-state index in [0.717, 1.165) is 4.90 Å². The van der Waals surface area contributed by atoms with Crippen LogP contribution in [0.3, 0.4) is 0 Å². The maximum absolute atomic E-state index is 11.4. The number of aliphatic hydroxyl groups excluding tert-OH is 1. The van der Waals surface area contributed by atoms with Crippen molar-refractivity contribution in [1.29, 1.82) is 0 Å². The second kappa shape index (κ2) is 5.27. The van der Waals surface area contributed by atoms with Crippen LogP contribution < -0.4 is 4.90 Å². The van der Waals surface area contributed by atoms with Gasteiger partial charge in [0, 0.05) is 12.6 Å². The standard InChI is InChI=1S/C11H13NO4/c1-8(14)12(10(7-13)11(15)16)9-5-3-2-4-6-9/h2-6,10,13H,7H2,1H3,(H,15,16). The van der Waals surface area contributed by atoms with Gasteiger partial charge in [-0.3, -0.25) is 9.69 Å². The normalized spacial score (nSPS) is 11.9. The molecule has 1 atom stereocenters. The van der Waals surface area contributed by atoms with Crippen LogP contribution in [-0.4, -0.2) is 34.7 Å². The molecule has 1 unspecified atom stereocenters. The minimum atomic E-state index is -1.25. The van der Waals surface area contributed by atoms with Crippen molar-refractivity contribution in [1.82, 2.24) is 0 Å². The fourth-order valence-corrected chi connectivity index (χ4v) is 1.44. The number of aliphatic carboxylic acids is 1. The van der Waals surface area contributed by atoms with E-state index in [1.165, 1.54) is 6.92 Å². The maximum atomic E-state index is 11.4. The fraction of sp³-hybridized carbons (Fsp3) is 0.273. The first kappa shape index (κ1) is 12.2. The van der Waals surface area contributed by atoms with Crippen molar-refractivity contribution in [2.75, 3.05) is 11.5 Å². The van der Waals surface area contributed by atoms with Crippen molar-refractivity contribution in [3.05, 3.63) is 30.3 Å². The van der Waals surface area contributed by atoms with Crippen LogP contribution >= 0.6 is 0 Å². The van der Waals surface area contributed by atoms with Crippen LogP contribution in [0.2, 0.25) is 0 Å². The van der Waals surface area contributed by atoms with Gasteiger partial charge >= 0.3 is 5.97 Å². The lowest BCUT2D eigenvalue weighted by molar-refractivity contribution is -0.141. The molecule has 5 nitrogen and oxygen atoms in total. The van der Waals surface area contributed by atoms with Crippen LogP contribution in [0.4, 0.5) is 5.69 Å². The first-order valence-electron chi connectivity index (χ1n) is 4.76. The van der Waals surface area contributed by atoms with E-state index in [-0.39, 0.29) is 0 Å². The van der Waals surface area contributed by atoms with E-state index < -0.39 is 24.5 Å². The van der Waals surface area contributed by atoms with Gasteiger partial charge < -0.3 is 10.2 Å². The molecule has 0 fully saturated rings. The Kier molecular flexibility index (Phi) is 4.02. The van der Waals surface area contributed by atoms with Crippen LogP contribution in [-0.2, 0) is 9.59 Å². The molecule has 0 bridgehead atoms. The largest absolute Gasteiger partial charge is 0.480 e. The summed E-state index contributed by atoms with van der Waals surface area (Å²) in [5.41, 5.74) is 0.455. The number of hydrogen-bond acceptors (Lipinski definition) is 3. The number of carboxylic acid groups (broad SMARTS) is 1. The molecule has 86 valence electrons. The van der Waals surface area contributed by atoms with Gasteiger partial charge in [0.1, 0.15) is 0 Å². The van der Waals surface area contributed by atoms with Gasteiger partial charge in [-0.1, -0.05) is 18.2 Å². The zero-order valence-electron chi connectivity index (χ0n) is 8.83. The Bertz CT molecular complexity index is 377. The van der Waals surface area contributed by atoms with Crippen LogP contribution in [0.5, 0.6) is 0 Å². The van der Waals surface area contributed by atoms with E-state index in [4.69, 9.17) is 10.2 Å². The number of amides is 1. The van der Waals surface area contributed by atoms with Crippen LogP contribution in [0.1, 0.15) is 6.92 Å². The van der Waals surface area contributed by atoms with E-state index in [1.54, 1.807) is 30.3 Å². The number of carbonyl (C=O) groups excluding carboxylic acids is 1. The summed E-state index contributed by atoms with van der Waals surface area (Å²) in [7, 11) is 0. The predicted octanol–water partition coefficient (Wildman–Crippen LogP) is 0.485. The molecule has 16 heavy (non-hydrogen) atoms. The minimum absolute atomic E-state index is 0.423. The Hall–Kier alpha value is -1.88. The number of nitrogens with zero attached hydrogens (tertiary/aromatic N) is 1. The second-order valence-corrected chi connectivity index (χ2v) is 3.26. The Morgan fingerprint density at radius 1 is 1.31 bits per heavy atom. The molecule has 0 radical (unpaired) electrons. The molecule has 0 spiro atoms. The average Bonchev–Trinajstić information content (AvgIpc) is 2.25. The zero-order valence-corrected chi connectivity index (χ0v) is 8.83. The molecule has 0 saturated carbocycles. The van der Waals surface area contributed by atoms with Gasteiger partial charge in [0.15, 0.2) is 6.04 Å². The van der Waals surface area contributed by atoms with E-state index in [2.05, 4.69) is 0 Å². The Morgan fingerprint density at radius 3 is 2.25 bits per heavy atom. The topological polar surface area (TPSA) is 77.8 Å². The smallest absolute Gasteiger partial charge is 0.329 e. The summed E-state index contributed by atoms with van der Waals surface area (Å²) in [5, 5.41) is 17.9. The molecule has 0 aliphatic carbocycles. The van der Waals surface area contributed by atoms with E-state index in [9.17, 15) is 9.59 Å². The van der Waals surface area contributed by atoms with E-state index in [0.29, 0.717) is 5.69 Å². The SMILES string of the molecule is CC(=O)N(c1ccccc1)C(CO)C(=O)O. The Morgan fingerprint density at radius 2 is 1.88 bits per heavy atom. The first-order valence-corrected chi connectivity index (χ1v) is 4.76. The molecule has 0 aliphatic heterocycles. The van der Waals surface area contributed by atoms with Gasteiger partial charge in [-0.2, -0.15) is 0 Å². The van der Waals surface area contributed by atoms with Crippen molar-refractivity contribution in [3.63, 3.8) is 0 Å². The Labute approximate surface area is 92.9 Å². The highest BCUT2D eigenvalue weighted by Gasteiger charge is 2.28. The van der Waals surface area contributed by atoms with Crippen molar-refractivity contribution < 1.29 is 19.8 Å². The molecule has 0 heterocycles. The van der Waals surface area contributed by atoms with Crippen molar-refractivity contribution in [3.8, 4) is 0 Å². The van der Waals surface area contributed by atoms with Crippen LogP contribution in [0, 0.1) is 0 Å². The third kappa shape index (κ3) is 2.58. The maximum Gasteiger partial charge on any atom is 0.329 e. The van der Waals surface area contributed by atoms with Gasteiger partial charge in [-0.05, 0) is 12.1 Å². The number of carbonyl (C=O) groups is 2. The number of aliphatic hydroxyl groups is 1. The molecule has 5 heteroatoms. The molecular weight excluding hydrogens is 210 g/mol. The molecule has 1 aromatic carbocycles. The molecule has 1 aromatic rings. The molecule has 2 N–H and O–H groups in total. The number of benzene rings is 1. The third-order valence-corrected chi connectivity index (χ3v) is 2.14. The lowest BCUT2D eigenvalue weighted by Crippen LogP contribution is -2.46. The number of para-hydroxylation sites is 1. The number of hydrogen-bond donors (Lipinski definition) is 2. The van der Waals surface area contributed by atoms with E-state index >= 15 is 0 Å². The third-order valence-electron chi connectivity index (χ3n) is 2.14. The molecule has 1 rings (SSSR count). The number of anilines is 1. The highest BCUT2D eigenvalue weighted by atomic mass is 16.4. The second-order valence-electron chi connectivity index (χ2n) is 3.26. The Balaban J connectivity index is 3.09. The quantitative estimate of drug-likeness (QED) is 0.778. The lowest BCUT2D eigenvalue weighted by Gasteiger charge is -2.26. The van der Waals surface area contributed by atoms with Crippen LogP contribution in [0.25, 0.3) is 0 Å². The van der Waals surface area contributed by atoms with Crippen molar-refractivity contribution in [2.24, 2.45) is 0 Å².